The number of nitrogens with zero attached hydrogens (tertiary/aromatic N) is 3. The third-order valence-corrected chi connectivity index (χ3v) is 7.67. The predicted octanol–water partition coefficient (Wildman–Crippen LogP) is 6.66. The van der Waals surface area contributed by atoms with Crippen LogP contribution in [0.1, 0.15) is 54.6 Å². The van der Waals surface area contributed by atoms with Crippen molar-refractivity contribution in [2.24, 2.45) is 11.8 Å². The minimum Gasteiger partial charge on any atom is -0.356 e. The highest BCUT2D eigenvalue weighted by atomic mass is 35.5. The van der Waals surface area contributed by atoms with Gasteiger partial charge in [-0.15, -0.1) is 0 Å². The van der Waals surface area contributed by atoms with Gasteiger partial charge >= 0.3 is 0 Å². The van der Waals surface area contributed by atoms with E-state index < -0.39 is 0 Å². The lowest BCUT2D eigenvalue weighted by atomic mass is 9.90. The Bertz CT molecular complexity index is 1120. The molecule has 7 heteroatoms. The first-order valence-electron chi connectivity index (χ1n) is 12.8. The Kier molecular flexibility index (Phi) is 9.65. The second-order valence-corrected chi connectivity index (χ2v) is 11.2. The molecular weight excluding hydrogens is 488 g/mol. The average Bonchev–Trinajstić information content (AvgIpc) is 2.88. The van der Waals surface area contributed by atoms with Gasteiger partial charge in [-0.05, 0) is 60.8 Å². The van der Waals surface area contributed by atoms with Crippen LogP contribution in [-0.4, -0.2) is 35.5 Å². The van der Waals surface area contributed by atoms with Crippen molar-refractivity contribution in [2.75, 3.05) is 24.5 Å². The molecule has 5 nitrogen and oxygen atoms in total. The van der Waals surface area contributed by atoms with Crippen molar-refractivity contribution in [3.05, 3.63) is 82.5 Å². The van der Waals surface area contributed by atoms with Crippen LogP contribution in [0, 0.1) is 11.8 Å². The fraction of sp³-hybridized carbons (Fsp3) is 0.414. The highest BCUT2D eigenvalue weighted by Gasteiger charge is 2.21. The van der Waals surface area contributed by atoms with E-state index in [0.29, 0.717) is 40.0 Å². The number of anilines is 1. The first-order valence-corrected chi connectivity index (χ1v) is 14.2. The smallest absolute Gasteiger partial charge is 0.251 e. The highest BCUT2D eigenvalue weighted by Crippen LogP contribution is 2.28. The first kappa shape index (κ1) is 26.5. The minimum atomic E-state index is -0.0230. The van der Waals surface area contributed by atoms with Gasteiger partial charge in [0, 0.05) is 37.0 Å². The van der Waals surface area contributed by atoms with Gasteiger partial charge in [-0.2, -0.15) is 0 Å². The second-order valence-electron chi connectivity index (χ2n) is 9.88. The van der Waals surface area contributed by atoms with Gasteiger partial charge in [0.15, 0.2) is 5.16 Å². The van der Waals surface area contributed by atoms with Crippen LogP contribution >= 0.6 is 23.4 Å². The molecule has 36 heavy (non-hydrogen) atoms. The van der Waals surface area contributed by atoms with Crippen molar-refractivity contribution < 1.29 is 4.79 Å². The number of thioether (sulfide) groups is 1. The Morgan fingerprint density at radius 3 is 2.47 bits per heavy atom. The number of halogens is 1. The van der Waals surface area contributed by atoms with Crippen LogP contribution in [0.15, 0.2) is 65.8 Å². The molecule has 1 aromatic heterocycles. The summed E-state index contributed by atoms with van der Waals surface area (Å²) in [4.78, 5) is 23.9. The number of rotatable bonds is 10. The topological polar surface area (TPSA) is 58.1 Å². The van der Waals surface area contributed by atoms with Crippen LogP contribution in [0.25, 0.3) is 0 Å². The average molecular weight is 523 g/mol. The Hall–Kier alpha value is -2.57. The molecule has 1 N–H and O–H groups in total. The van der Waals surface area contributed by atoms with Gasteiger partial charge in [0.1, 0.15) is 11.0 Å². The van der Waals surface area contributed by atoms with E-state index in [4.69, 9.17) is 16.6 Å². The van der Waals surface area contributed by atoms with E-state index in [1.807, 2.05) is 30.3 Å². The molecule has 1 saturated heterocycles. The standard InChI is InChI=1S/C29H35ClN4OS/c1-21(2)12-15-31-28(35)25-10-8-24(9-11-25)20-36-29-32-26(30)19-27(33-29)34-16-13-23(14-17-34)18-22-6-4-3-5-7-22/h3-11,19,21,23H,12-18,20H2,1-2H3,(H,31,35). The van der Waals surface area contributed by atoms with Gasteiger partial charge in [-0.3, -0.25) is 4.79 Å². The van der Waals surface area contributed by atoms with Gasteiger partial charge in [0.2, 0.25) is 0 Å². The zero-order valence-electron chi connectivity index (χ0n) is 21.1. The molecule has 0 bridgehead atoms. The Morgan fingerprint density at radius 1 is 1.06 bits per heavy atom. The molecule has 0 radical (unpaired) electrons. The molecule has 0 atom stereocenters. The van der Waals surface area contributed by atoms with Crippen LogP contribution < -0.4 is 10.2 Å². The third kappa shape index (κ3) is 7.97. The number of hydrogen-bond donors (Lipinski definition) is 1. The van der Waals surface area contributed by atoms with E-state index >= 15 is 0 Å². The van der Waals surface area contributed by atoms with Crippen molar-refractivity contribution in [3.8, 4) is 0 Å². The summed E-state index contributed by atoms with van der Waals surface area (Å²) in [7, 11) is 0. The maximum Gasteiger partial charge on any atom is 0.251 e. The van der Waals surface area contributed by atoms with Crippen molar-refractivity contribution in [1.82, 2.24) is 15.3 Å². The van der Waals surface area contributed by atoms with E-state index in [1.54, 1.807) is 11.8 Å². The van der Waals surface area contributed by atoms with Crippen molar-refractivity contribution in [1.29, 1.82) is 0 Å². The summed E-state index contributed by atoms with van der Waals surface area (Å²) in [5, 5.41) is 4.14. The predicted molar refractivity (Wildman–Crippen MR) is 150 cm³/mol. The number of hydrogen-bond acceptors (Lipinski definition) is 5. The number of aromatic nitrogens is 2. The normalized spacial score (nSPS) is 14.3. The third-order valence-electron chi connectivity index (χ3n) is 6.56. The molecule has 1 amide bonds. The van der Waals surface area contributed by atoms with Crippen molar-refractivity contribution >= 4 is 35.1 Å². The summed E-state index contributed by atoms with van der Waals surface area (Å²) in [5.74, 6) is 2.88. The molecule has 1 aliphatic rings. The lowest BCUT2D eigenvalue weighted by Gasteiger charge is -2.33. The SMILES string of the molecule is CC(C)CCNC(=O)c1ccc(CSc2nc(Cl)cc(N3CCC(Cc4ccccc4)CC3)n2)cc1. The number of piperidine rings is 1. The van der Waals surface area contributed by atoms with E-state index in [-0.39, 0.29) is 5.91 Å². The largest absolute Gasteiger partial charge is 0.356 e. The molecule has 0 unspecified atom stereocenters. The first-order chi connectivity index (χ1) is 17.5. The minimum absolute atomic E-state index is 0.0230. The maximum absolute atomic E-state index is 12.3. The summed E-state index contributed by atoms with van der Waals surface area (Å²) >= 11 is 7.93. The van der Waals surface area contributed by atoms with Crippen molar-refractivity contribution in [3.63, 3.8) is 0 Å². The Morgan fingerprint density at radius 2 is 1.78 bits per heavy atom. The second kappa shape index (κ2) is 13.1. The molecule has 1 aliphatic heterocycles. The van der Waals surface area contributed by atoms with Crippen LogP contribution in [-0.2, 0) is 12.2 Å². The number of nitrogens with one attached hydrogen (secondary N) is 1. The molecule has 2 heterocycles. The van der Waals surface area contributed by atoms with Gasteiger partial charge in [0.25, 0.3) is 5.91 Å². The van der Waals surface area contributed by atoms with E-state index in [0.717, 1.165) is 50.2 Å². The molecule has 0 aliphatic carbocycles. The highest BCUT2D eigenvalue weighted by molar-refractivity contribution is 7.98. The van der Waals surface area contributed by atoms with Gasteiger partial charge in [-0.1, -0.05) is 79.7 Å². The van der Waals surface area contributed by atoms with Gasteiger partial charge < -0.3 is 10.2 Å². The summed E-state index contributed by atoms with van der Waals surface area (Å²) in [5.41, 5.74) is 3.22. The molecule has 0 spiro atoms. The fourth-order valence-corrected chi connectivity index (χ4v) is 5.44. The van der Waals surface area contributed by atoms with Crippen molar-refractivity contribution in [2.45, 2.75) is 50.4 Å². The van der Waals surface area contributed by atoms with E-state index in [9.17, 15) is 4.79 Å². The van der Waals surface area contributed by atoms with Crippen LogP contribution in [0.2, 0.25) is 5.15 Å². The lowest BCUT2D eigenvalue weighted by Crippen LogP contribution is -2.35. The fourth-order valence-electron chi connectivity index (χ4n) is 4.40. The summed E-state index contributed by atoms with van der Waals surface area (Å²) in [6.45, 7) is 6.97. The van der Waals surface area contributed by atoms with Crippen LogP contribution in [0.5, 0.6) is 0 Å². The molecule has 0 saturated carbocycles. The van der Waals surface area contributed by atoms with Gasteiger partial charge in [-0.25, -0.2) is 9.97 Å². The summed E-state index contributed by atoms with van der Waals surface area (Å²) in [6, 6.07) is 20.4. The number of carbonyl (C=O) groups excluding carboxylic acids is 1. The summed E-state index contributed by atoms with van der Waals surface area (Å²) in [6.07, 6.45) is 4.42. The number of amides is 1. The van der Waals surface area contributed by atoms with E-state index in [2.05, 4.69) is 59.4 Å². The molecule has 4 rings (SSSR count). The summed E-state index contributed by atoms with van der Waals surface area (Å²) < 4.78 is 0. The number of benzene rings is 2. The monoisotopic (exact) mass is 522 g/mol. The maximum atomic E-state index is 12.3. The zero-order valence-corrected chi connectivity index (χ0v) is 22.7. The quantitative estimate of drug-likeness (QED) is 0.183. The van der Waals surface area contributed by atoms with E-state index in [1.165, 1.54) is 5.56 Å². The molecule has 3 aromatic rings. The molecule has 1 fully saturated rings. The van der Waals surface area contributed by atoms with Gasteiger partial charge in [0.05, 0.1) is 0 Å². The Labute approximate surface area is 224 Å². The van der Waals surface area contributed by atoms with Crippen LogP contribution in [0.3, 0.4) is 0 Å². The number of carbonyl (C=O) groups is 1. The molecule has 2 aromatic carbocycles. The van der Waals surface area contributed by atoms with Crippen LogP contribution in [0.4, 0.5) is 5.82 Å². The molecular formula is C29H35ClN4OS. The Balaban J connectivity index is 1.28. The lowest BCUT2D eigenvalue weighted by molar-refractivity contribution is 0.0952. The molecule has 190 valence electrons. The zero-order chi connectivity index (χ0) is 25.3.